The molecule has 0 bridgehead atoms. The Bertz CT molecular complexity index is 581. The molecule has 18 heavy (non-hydrogen) atoms. The number of hydrogen-bond donors (Lipinski definition) is 0. The minimum absolute atomic E-state index is 0.0285. The standard InChI is InChI=1S/C14H9ClFIO/c15-12-6-3-10(8-13(12)16)14(18)7-9-1-4-11(17)5-2-9/h1-6,8H,7H2. The maximum absolute atomic E-state index is 13.2. The van der Waals surface area contributed by atoms with Gasteiger partial charge in [-0.2, -0.15) is 0 Å². The van der Waals surface area contributed by atoms with Crippen molar-refractivity contribution in [3.8, 4) is 0 Å². The summed E-state index contributed by atoms with van der Waals surface area (Å²) in [4.78, 5) is 12.0. The number of benzene rings is 2. The van der Waals surface area contributed by atoms with Gasteiger partial charge in [0.25, 0.3) is 0 Å². The highest BCUT2D eigenvalue weighted by Gasteiger charge is 2.09. The summed E-state index contributed by atoms with van der Waals surface area (Å²) >= 11 is 7.78. The first kappa shape index (κ1) is 13.5. The van der Waals surface area contributed by atoms with Crippen molar-refractivity contribution in [3.05, 3.63) is 68.0 Å². The molecule has 0 saturated carbocycles. The Morgan fingerprint density at radius 3 is 2.44 bits per heavy atom. The summed E-state index contributed by atoms with van der Waals surface area (Å²) in [5, 5.41) is 0.0285. The van der Waals surface area contributed by atoms with Gasteiger partial charge in [-0.3, -0.25) is 4.79 Å². The van der Waals surface area contributed by atoms with Gasteiger partial charge in [-0.1, -0.05) is 23.7 Å². The zero-order chi connectivity index (χ0) is 13.1. The fourth-order valence-corrected chi connectivity index (χ4v) is 2.04. The van der Waals surface area contributed by atoms with Gasteiger partial charge in [-0.15, -0.1) is 0 Å². The first-order valence-corrected chi connectivity index (χ1v) is 6.74. The van der Waals surface area contributed by atoms with E-state index in [2.05, 4.69) is 22.6 Å². The first-order valence-electron chi connectivity index (χ1n) is 5.29. The van der Waals surface area contributed by atoms with E-state index in [1.54, 1.807) is 6.07 Å². The number of halogens is 3. The smallest absolute Gasteiger partial charge is 0.167 e. The summed E-state index contributed by atoms with van der Waals surface area (Å²) in [5.41, 5.74) is 1.26. The number of hydrogen-bond acceptors (Lipinski definition) is 1. The van der Waals surface area contributed by atoms with Crippen LogP contribution in [0.4, 0.5) is 4.39 Å². The van der Waals surface area contributed by atoms with E-state index in [-0.39, 0.29) is 17.2 Å². The van der Waals surface area contributed by atoms with Gasteiger partial charge in [0.05, 0.1) is 5.02 Å². The van der Waals surface area contributed by atoms with Crippen molar-refractivity contribution < 1.29 is 9.18 Å². The molecular weight excluding hydrogens is 366 g/mol. The fraction of sp³-hybridized carbons (Fsp3) is 0.0714. The number of rotatable bonds is 3. The Balaban J connectivity index is 2.16. The Morgan fingerprint density at radius 1 is 1.17 bits per heavy atom. The van der Waals surface area contributed by atoms with Crippen molar-refractivity contribution in [2.24, 2.45) is 0 Å². The van der Waals surface area contributed by atoms with E-state index in [1.165, 1.54) is 12.1 Å². The van der Waals surface area contributed by atoms with E-state index >= 15 is 0 Å². The predicted molar refractivity (Wildman–Crippen MR) is 78.6 cm³/mol. The van der Waals surface area contributed by atoms with Crippen LogP contribution >= 0.6 is 34.2 Å². The highest BCUT2D eigenvalue weighted by Crippen LogP contribution is 2.17. The third-order valence-corrected chi connectivity index (χ3v) is 3.55. The monoisotopic (exact) mass is 374 g/mol. The summed E-state index contributed by atoms with van der Waals surface area (Å²) < 4.78 is 14.4. The van der Waals surface area contributed by atoms with Gasteiger partial charge in [0.1, 0.15) is 5.82 Å². The van der Waals surface area contributed by atoms with Gasteiger partial charge < -0.3 is 0 Å². The minimum Gasteiger partial charge on any atom is -0.294 e. The van der Waals surface area contributed by atoms with Crippen LogP contribution in [0, 0.1) is 9.39 Å². The molecule has 1 nitrogen and oxygen atoms in total. The fourth-order valence-electron chi connectivity index (χ4n) is 1.56. The lowest BCUT2D eigenvalue weighted by atomic mass is 10.0. The first-order chi connectivity index (χ1) is 8.56. The molecule has 0 N–H and O–H groups in total. The lowest BCUT2D eigenvalue weighted by molar-refractivity contribution is 0.0992. The van der Waals surface area contributed by atoms with Crippen molar-refractivity contribution in [2.45, 2.75) is 6.42 Å². The summed E-state index contributed by atoms with van der Waals surface area (Å²) in [6, 6.07) is 11.8. The van der Waals surface area contributed by atoms with E-state index in [4.69, 9.17) is 11.6 Å². The van der Waals surface area contributed by atoms with Crippen LogP contribution in [0.3, 0.4) is 0 Å². The Kier molecular flexibility index (Phi) is 4.35. The zero-order valence-corrected chi connectivity index (χ0v) is 12.2. The molecule has 0 aliphatic rings. The van der Waals surface area contributed by atoms with Gasteiger partial charge in [0.2, 0.25) is 0 Å². The van der Waals surface area contributed by atoms with Gasteiger partial charge in [-0.05, 0) is 58.5 Å². The second kappa shape index (κ2) is 5.80. The Labute approximate surface area is 123 Å². The third-order valence-electron chi connectivity index (χ3n) is 2.52. The molecule has 4 heteroatoms. The van der Waals surface area contributed by atoms with Crippen molar-refractivity contribution in [2.75, 3.05) is 0 Å². The maximum Gasteiger partial charge on any atom is 0.167 e. The molecule has 2 rings (SSSR count). The maximum atomic E-state index is 13.2. The average Bonchev–Trinajstić information content (AvgIpc) is 2.35. The van der Waals surface area contributed by atoms with E-state index in [0.717, 1.165) is 9.13 Å². The SMILES string of the molecule is O=C(Cc1ccc(I)cc1)c1ccc(Cl)c(F)c1. The van der Waals surface area contributed by atoms with E-state index < -0.39 is 5.82 Å². The number of carbonyl (C=O) groups excluding carboxylic acids is 1. The van der Waals surface area contributed by atoms with Gasteiger partial charge in [0, 0.05) is 15.6 Å². The molecule has 0 aliphatic carbocycles. The van der Waals surface area contributed by atoms with E-state index in [1.807, 2.05) is 24.3 Å². The third kappa shape index (κ3) is 3.29. The molecule has 0 amide bonds. The molecule has 0 aliphatic heterocycles. The molecule has 0 fully saturated rings. The van der Waals surface area contributed by atoms with Crippen molar-refractivity contribution in [1.82, 2.24) is 0 Å². The largest absolute Gasteiger partial charge is 0.294 e. The minimum atomic E-state index is -0.565. The van der Waals surface area contributed by atoms with Crippen molar-refractivity contribution >= 4 is 40.0 Å². The lowest BCUT2D eigenvalue weighted by Crippen LogP contribution is -2.04. The van der Waals surface area contributed by atoms with Crippen LogP contribution in [-0.2, 0) is 6.42 Å². The van der Waals surface area contributed by atoms with Gasteiger partial charge in [-0.25, -0.2) is 4.39 Å². The highest BCUT2D eigenvalue weighted by molar-refractivity contribution is 14.1. The van der Waals surface area contributed by atoms with Crippen molar-refractivity contribution in [3.63, 3.8) is 0 Å². The molecular formula is C14H9ClFIO. The van der Waals surface area contributed by atoms with Crippen LogP contribution < -0.4 is 0 Å². The van der Waals surface area contributed by atoms with E-state index in [9.17, 15) is 9.18 Å². The second-order valence-electron chi connectivity index (χ2n) is 3.86. The summed E-state index contributed by atoms with van der Waals surface area (Å²) in [6.45, 7) is 0. The Hall–Kier alpha value is -0.940. The van der Waals surface area contributed by atoms with Crippen LogP contribution in [0.2, 0.25) is 5.02 Å². The molecule has 0 radical (unpaired) electrons. The normalized spacial score (nSPS) is 10.4. The van der Waals surface area contributed by atoms with Crippen LogP contribution in [0.25, 0.3) is 0 Å². The van der Waals surface area contributed by atoms with Crippen LogP contribution in [-0.4, -0.2) is 5.78 Å². The molecule has 2 aromatic carbocycles. The second-order valence-corrected chi connectivity index (χ2v) is 5.51. The lowest BCUT2D eigenvalue weighted by Gasteiger charge is -2.03. The van der Waals surface area contributed by atoms with Gasteiger partial charge in [0.15, 0.2) is 5.78 Å². The zero-order valence-electron chi connectivity index (χ0n) is 9.29. The van der Waals surface area contributed by atoms with Crippen molar-refractivity contribution in [1.29, 1.82) is 0 Å². The number of Topliss-reactive ketones (excluding diaryl/α,β-unsaturated/α-hetero) is 1. The van der Waals surface area contributed by atoms with Crippen LogP contribution in [0.1, 0.15) is 15.9 Å². The highest BCUT2D eigenvalue weighted by atomic mass is 127. The quantitative estimate of drug-likeness (QED) is 0.571. The molecule has 0 unspecified atom stereocenters. The summed E-state index contributed by atoms with van der Waals surface area (Å²) in [7, 11) is 0. The number of carbonyl (C=O) groups is 1. The van der Waals surface area contributed by atoms with Crippen LogP contribution in [0.5, 0.6) is 0 Å². The van der Waals surface area contributed by atoms with E-state index in [0.29, 0.717) is 5.56 Å². The summed E-state index contributed by atoms with van der Waals surface area (Å²) in [6.07, 6.45) is 0.262. The molecule has 92 valence electrons. The molecule has 0 aromatic heterocycles. The predicted octanol–water partition coefficient (Wildman–Crippen LogP) is 4.51. The van der Waals surface area contributed by atoms with Gasteiger partial charge >= 0.3 is 0 Å². The molecule has 2 aromatic rings. The number of ketones is 1. The Morgan fingerprint density at radius 2 is 1.83 bits per heavy atom. The van der Waals surface area contributed by atoms with Crippen LogP contribution in [0.15, 0.2) is 42.5 Å². The molecule has 0 saturated heterocycles. The molecule has 0 atom stereocenters. The average molecular weight is 375 g/mol. The summed E-state index contributed by atoms with van der Waals surface area (Å²) in [5.74, 6) is -0.683. The molecule has 0 spiro atoms. The molecule has 0 heterocycles. The topological polar surface area (TPSA) is 17.1 Å².